The predicted octanol–water partition coefficient (Wildman–Crippen LogP) is 2.47. The number of fused-ring (bicyclic) bond motifs is 2. The number of hydrogen-bond acceptors (Lipinski definition) is 8. The zero-order valence-corrected chi connectivity index (χ0v) is 24.9. The second-order valence-electron chi connectivity index (χ2n) is 10.7. The molecule has 1 unspecified atom stereocenters. The van der Waals surface area contributed by atoms with Gasteiger partial charge < -0.3 is 34.6 Å². The van der Waals surface area contributed by atoms with Crippen LogP contribution in [0, 0.1) is 0 Å². The van der Waals surface area contributed by atoms with E-state index in [2.05, 4.69) is 10.3 Å². The number of carbonyl (C=O) groups excluding carboxylic acids is 4. The van der Waals surface area contributed by atoms with Crippen molar-refractivity contribution in [1.82, 2.24) is 20.1 Å². The first-order valence-corrected chi connectivity index (χ1v) is 14.9. The van der Waals surface area contributed by atoms with E-state index >= 15 is 0 Å². The maximum absolute atomic E-state index is 13.5. The summed E-state index contributed by atoms with van der Waals surface area (Å²) < 4.78 is 11.0. The van der Waals surface area contributed by atoms with Gasteiger partial charge in [0.05, 0.1) is 12.1 Å². The van der Waals surface area contributed by atoms with Crippen LogP contribution < -0.4 is 15.0 Å². The van der Waals surface area contributed by atoms with Crippen molar-refractivity contribution >= 4 is 46.4 Å². The number of piperazine rings is 1. The van der Waals surface area contributed by atoms with Crippen molar-refractivity contribution in [2.45, 2.75) is 32.2 Å². The molecule has 2 aromatic carbocycles. The van der Waals surface area contributed by atoms with Crippen LogP contribution in [0.3, 0.4) is 0 Å². The fraction of sp³-hybridized carbons (Fsp3) is 0.375. The van der Waals surface area contributed by atoms with Gasteiger partial charge in [0.1, 0.15) is 17.5 Å². The highest BCUT2D eigenvalue weighted by atomic mass is 16.6. The lowest BCUT2D eigenvalue weighted by atomic mass is 10.1. The van der Waals surface area contributed by atoms with Gasteiger partial charge in [-0.05, 0) is 43.5 Å². The molecule has 0 aliphatic carbocycles. The summed E-state index contributed by atoms with van der Waals surface area (Å²) in [5.74, 6) is -2.22. The summed E-state index contributed by atoms with van der Waals surface area (Å²) in [5.41, 5.74) is 2.34. The molecule has 13 nitrogen and oxygen atoms in total. The first kappa shape index (κ1) is 31.2. The van der Waals surface area contributed by atoms with Crippen LogP contribution in [0.25, 0.3) is 10.9 Å². The number of hydrogen-bond donors (Lipinski definition) is 2. The molecule has 5 rings (SSSR count). The van der Waals surface area contributed by atoms with Crippen molar-refractivity contribution in [1.29, 1.82) is 0 Å². The van der Waals surface area contributed by atoms with Crippen molar-refractivity contribution in [3.05, 3.63) is 65.9 Å². The molecular weight excluding hydrogens is 582 g/mol. The minimum Gasteiger partial charge on any atom is -0.483 e. The molecule has 45 heavy (non-hydrogen) atoms. The van der Waals surface area contributed by atoms with Crippen molar-refractivity contribution < 1.29 is 38.6 Å². The Labute approximate surface area is 259 Å². The maximum atomic E-state index is 13.5. The van der Waals surface area contributed by atoms with E-state index in [4.69, 9.17) is 9.47 Å². The summed E-state index contributed by atoms with van der Waals surface area (Å²) in [7, 11) is 0. The monoisotopic (exact) mass is 617 g/mol. The topological polar surface area (TPSA) is 159 Å². The lowest BCUT2D eigenvalue weighted by Gasteiger charge is -2.35. The number of pyridine rings is 1. The van der Waals surface area contributed by atoms with Crippen molar-refractivity contribution in [2.75, 3.05) is 50.8 Å². The van der Waals surface area contributed by atoms with Gasteiger partial charge in [-0.25, -0.2) is 9.78 Å². The van der Waals surface area contributed by atoms with Crippen LogP contribution in [0.5, 0.6) is 5.75 Å². The van der Waals surface area contributed by atoms with Crippen LogP contribution in [0.4, 0.5) is 10.5 Å². The highest BCUT2D eigenvalue weighted by Crippen LogP contribution is 2.29. The molecule has 0 spiro atoms. The highest BCUT2D eigenvalue weighted by Gasteiger charge is 2.31. The van der Waals surface area contributed by atoms with Gasteiger partial charge in [-0.1, -0.05) is 30.3 Å². The lowest BCUT2D eigenvalue weighted by Crippen LogP contribution is -2.56. The summed E-state index contributed by atoms with van der Waals surface area (Å²) in [6, 6.07) is 15.0. The summed E-state index contributed by atoms with van der Waals surface area (Å²) in [5, 5.41) is 12.5. The van der Waals surface area contributed by atoms with Crippen LogP contribution in [-0.4, -0.2) is 102 Å². The molecule has 1 aromatic heterocycles. The molecule has 2 N–H and O–H groups in total. The van der Waals surface area contributed by atoms with Crippen LogP contribution >= 0.6 is 0 Å². The van der Waals surface area contributed by atoms with Gasteiger partial charge in [0, 0.05) is 56.3 Å². The number of rotatable bonds is 10. The third-order valence-electron chi connectivity index (χ3n) is 7.82. The fourth-order valence-corrected chi connectivity index (χ4v) is 5.50. The molecule has 13 heteroatoms. The minimum atomic E-state index is -1.14. The van der Waals surface area contributed by atoms with Crippen molar-refractivity contribution in [3.63, 3.8) is 0 Å². The molecule has 1 fully saturated rings. The minimum absolute atomic E-state index is 0.0528. The van der Waals surface area contributed by atoms with Gasteiger partial charge in [-0.15, -0.1) is 0 Å². The molecule has 236 valence electrons. The number of nitrogens with zero attached hydrogens (tertiary/aromatic N) is 4. The Morgan fingerprint density at radius 2 is 1.67 bits per heavy atom. The zero-order chi connectivity index (χ0) is 31.9. The number of para-hydroxylation sites is 2. The summed E-state index contributed by atoms with van der Waals surface area (Å²) in [6.07, 6.45) is -0.193. The molecule has 3 aromatic rings. The second kappa shape index (κ2) is 14.1. The first-order chi connectivity index (χ1) is 21.7. The second-order valence-corrected chi connectivity index (χ2v) is 10.7. The Kier molecular flexibility index (Phi) is 9.76. The number of carboxylic acids is 1. The van der Waals surface area contributed by atoms with E-state index in [9.17, 15) is 29.1 Å². The molecular formula is C32H35N5O8. The predicted molar refractivity (Wildman–Crippen MR) is 163 cm³/mol. The third kappa shape index (κ3) is 7.31. The number of ether oxygens (including phenoxy) is 2. The Morgan fingerprint density at radius 3 is 2.42 bits per heavy atom. The molecule has 4 amide bonds. The maximum Gasteiger partial charge on any atom is 0.409 e. The third-order valence-corrected chi connectivity index (χ3v) is 7.82. The molecule has 1 atom stereocenters. The smallest absolute Gasteiger partial charge is 0.409 e. The van der Waals surface area contributed by atoms with Crippen LogP contribution in [0.2, 0.25) is 0 Å². The molecule has 0 saturated carbocycles. The van der Waals surface area contributed by atoms with Gasteiger partial charge in [-0.3, -0.25) is 19.2 Å². The van der Waals surface area contributed by atoms with E-state index in [1.54, 1.807) is 36.1 Å². The van der Waals surface area contributed by atoms with E-state index in [0.717, 1.165) is 17.7 Å². The Hall–Kier alpha value is -5.20. The molecule has 1 saturated heterocycles. The summed E-state index contributed by atoms with van der Waals surface area (Å²) in [4.78, 5) is 72.6. The van der Waals surface area contributed by atoms with E-state index < -0.39 is 29.9 Å². The number of benzene rings is 2. The van der Waals surface area contributed by atoms with E-state index in [1.807, 2.05) is 24.3 Å². The van der Waals surface area contributed by atoms with Crippen LogP contribution in [0.1, 0.15) is 35.8 Å². The lowest BCUT2D eigenvalue weighted by molar-refractivity contribution is -0.138. The number of anilines is 1. The van der Waals surface area contributed by atoms with E-state index in [1.165, 1.54) is 15.9 Å². The number of amides is 4. The average molecular weight is 618 g/mol. The largest absolute Gasteiger partial charge is 0.483 e. The normalized spacial score (nSPS) is 14.9. The van der Waals surface area contributed by atoms with E-state index in [0.29, 0.717) is 17.4 Å². The van der Waals surface area contributed by atoms with E-state index in [-0.39, 0.29) is 69.6 Å². The average Bonchev–Trinajstić information content (AvgIpc) is 3.49. The van der Waals surface area contributed by atoms with Gasteiger partial charge in [-0.2, -0.15) is 0 Å². The van der Waals surface area contributed by atoms with Crippen LogP contribution in [0.15, 0.2) is 54.6 Å². The number of aliphatic carboxylic acids is 1. The number of aromatic nitrogens is 1. The van der Waals surface area contributed by atoms with Gasteiger partial charge in [0.2, 0.25) is 5.91 Å². The number of carboxylic acid groups (broad SMARTS) is 1. The van der Waals surface area contributed by atoms with Gasteiger partial charge in [0.25, 0.3) is 11.8 Å². The van der Waals surface area contributed by atoms with Crippen LogP contribution in [-0.2, 0) is 25.5 Å². The van der Waals surface area contributed by atoms with Crippen molar-refractivity contribution in [2.24, 2.45) is 0 Å². The zero-order valence-electron chi connectivity index (χ0n) is 24.9. The van der Waals surface area contributed by atoms with Gasteiger partial charge in [0.15, 0.2) is 6.61 Å². The standard InChI is InChI=1S/C32H35N5O8/c1-2-44-32(43)36-17-15-35(16-18-36)31(42)24(11-12-29(39)40)34-30(41)25-19-27(22-8-4-5-9-23(22)33-25)45-20-28(38)37-14-13-21-7-3-6-10-26(21)37/h3-10,19,24H,2,11-18,20H2,1H3,(H,34,41)(H,39,40). The Bertz CT molecular complexity index is 1600. The molecule has 2 aliphatic rings. The number of carbonyl (C=O) groups is 5. The molecule has 0 radical (unpaired) electrons. The highest BCUT2D eigenvalue weighted by molar-refractivity contribution is 6.00. The molecule has 3 heterocycles. The number of nitrogens with one attached hydrogen (secondary N) is 1. The summed E-state index contributed by atoms with van der Waals surface area (Å²) >= 11 is 0. The SMILES string of the molecule is CCOC(=O)N1CCN(C(=O)C(CCC(=O)O)NC(=O)c2cc(OCC(=O)N3CCc4ccccc43)c3ccccc3n2)CC1. The Morgan fingerprint density at radius 1 is 0.956 bits per heavy atom. The summed E-state index contributed by atoms with van der Waals surface area (Å²) in [6.45, 7) is 3.15. The quantitative estimate of drug-likeness (QED) is 0.349. The molecule has 2 aliphatic heterocycles. The van der Waals surface area contributed by atoms with Gasteiger partial charge >= 0.3 is 12.1 Å². The van der Waals surface area contributed by atoms with Crippen molar-refractivity contribution in [3.8, 4) is 5.75 Å². The molecule has 0 bridgehead atoms. The first-order valence-electron chi connectivity index (χ1n) is 14.9. The Balaban J connectivity index is 1.30. The fourth-order valence-electron chi connectivity index (χ4n) is 5.50.